The van der Waals surface area contributed by atoms with Crippen molar-refractivity contribution >= 4 is 11.6 Å². The van der Waals surface area contributed by atoms with Gasteiger partial charge in [-0.25, -0.2) is 4.98 Å². The second-order valence-corrected chi connectivity index (χ2v) is 7.30. The van der Waals surface area contributed by atoms with E-state index in [4.69, 9.17) is 14.2 Å². The van der Waals surface area contributed by atoms with Crippen LogP contribution in [0.2, 0.25) is 0 Å². The van der Waals surface area contributed by atoms with Gasteiger partial charge >= 0.3 is 0 Å². The molecule has 0 radical (unpaired) electrons. The van der Waals surface area contributed by atoms with Crippen LogP contribution in [-0.4, -0.2) is 47.6 Å². The number of rotatable bonds is 9. The second kappa shape index (κ2) is 9.66. The fourth-order valence-electron chi connectivity index (χ4n) is 3.05. The molecule has 8 heteroatoms. The van der Waals surface area contributed by atoms with E-state index in [0.717, 1.165) is 5.56 Å². The van der Waals surface area contributed by atoms with Gasteiger partial charge in [0.05, 0.1) is 49.9 Å². The van der Waals surface area contributed by atoms with Crippen molar-refractivity contribution in [1.82, 2.24) is 14.8 Å². The van der Waals surface area contributed by atoms with Crippen molar-refractivity contribution in [2.45, 2.75) is 32.9 Å². The monoisotopic (exact) mass is 388 g/mol. The first kappa shape index (κ1) is 20.3. The topological polar surface area (TPSA) is 87.5 Å². The molecule has 0 unspecified atom stereocenters. The van der Waals surface area contributed by atoms with Crippen molar-refractivity contribution < 1.29 is 19.0 Å². The Balaban J connectivity index is 1.59. The first-order valence-electron chi connectivity index (χ1n) is 9.59. The molecule has 1 aliphatic rings. The van der Waals surface area contributed by atoms with Crippen molar-refractivity contribution in [3.8, 4) is 5.88 Å². The number of nitrogens with zero attached hydrogens (tertiary/aromatic N) is 3. The van der Waals surface area contributed by atoms with E-state index in [1.165, 1.54) is 0 Å². The van der Waals surface area contributed by atoms with Crippen molar-refractivity contribution in [1.29, 1.82) is 0 Å². The molecule has 3 heterocycles. The van der Waals surface area contributed by atoms with E-state index in [1.54, 1.807) is 36.3 Å². The molecular weight excluding hydrogens is 360 g/mol. The Morgan fingerprint density at radius 1 is 1.39 bits per heavy atom. The van der Waals surface area contributed by atoms with Crippen LogP contribution in [0.25, 0.3) is 0 Å². The highest BCUT2D eigenvalue weighted by molar-refractivity contribution is 5.93. The average Bonchev–Trinajstić information content (AvgIpc) is 3.35. The van der Waals surface area contributed by atoms with Gasteiger partial charge < -0.3 is 19.5 Å². The molecule has 0 aliphatic carbocycles. The lowest BCUT2D eigenvalue weighted by Crippen LogP contribution is -2.25. The van der Waals surface area contributed by atoms with Crippen LogP contribution < -0.4 is 10.1 Å². The highest BCUT2D eigenvalue weighted by atomic mass is 16.5. The second-order valence-electron chi connectivity index (χ2n) is 7.30. The maximum atomic E-state index is 12.8. The standard InChI is InChI=1S/C20H28N4O4/c1-14(2)13-28-18-5-4-16(11-21-18)23-20(25)17-6-8-27-19(17)15-10-22-24(12-15)7-9-26-3/h4-5,10-12,14,17,19H,6-9,13H2,1-3H3,(H,23,25)/t17-,19+/m0/s1. The highest BCUT2D eigenvalue weighted by Gasteiger charge is 2.36. The zero-order chi connectivity index (χ0) is 19.9. The molecule has 0 spiro atoms. The molecule has 1 saturated heterocycles. The summed E-state index contributed by atoms with van der Waals surface area (Å²) in [5, 5.41) is 7.25. The number of nitrogens with one attached hydrogen (secondary N) is 1. The third-order valence-corrected chi connectivity index (χ3v) is 4.50. The van der Waals surface area contributed by atoms with Gasteiger partial charge in [0.1, 0.15) is 0 Å². The number of amides is 1. The fraction of sp³-hybridized carbons (Fsp3) is 0.550. The van der Waals surface area contributed by atoms with E-state index in [2.05, 4.69) is 29.2 Å². The Hall–Kier alpha value is -2.45. The summed E-state index contributed by atoms with van der Waals surface area (Å²) in [5.74, 6) is 0.637. The Morgan fingerprint density at radius 3 is 2.96 bits per heavy atom. The molecule has 3 rings (SSSR count). The third kappa shape index (κ3) is 5.30. The summed E-state index contributed by atoms with van der Waals surface area (Å²) in [4.78, 5) is 17.0. The molecule has 2 aromatic rings. The number of anilines is 1. The van der Waals surface area contributed by atoms with E-state index >= 15 is 0 Å². The van der Waals surface area contributed by atoms with Crippen molar-refractivity contribution in [2.24, 2.45) is 11.8 Å². The molecule has 152 valence electrons. The molecule has 2 atom stereocenters. The number of hydrogen-bond acceptors (Lipinski definition) is 6. The number of aromatic nitrogens is 3. The maximum Gasteiger partial charge on any atom is 0.230 e. The highest BCUT2D eigenvalue weighted by Crippen LogP contribution is 2.35. The quantitative estimate of drug-likeness (QED) is 0.711. The van der Waals surface area contributed by atoms with Gasteiger partial charge in [-0.1, -0.05) is 13.8 Å². The third-order valence-electron chi connectivity index (χ3n) is 4.50. The van der Waals surface area contributed by atoms with Gasteiger partial charge in [0, 0.05) is 31.5 Å². The maximum absolute atomic E-state index is 12.8. The average molecular weight is 388 g/mol. The number of methoxy groups -OCH3 is 1. The summed E-state index contributed by atoms with van der Waals surface area (Å²) < 4.78 is 18.3. The van der Waals surface area contributed by atoms with Crippen LogP contribution in [0.5, 0.6) is 5.88 Å². The smallest absolute Gasteiger partial charge is 0.230 e. The molecule has 1 amide bonds. The van der Waals surface area contributed by atoms with E-state index in [-0.39, 0.29) is 17.9 Å². The van der Waals surface area contributed by atoms with Gasteiger partial charge in [-0.3, -0.25) is 9.48 Å². The number of ether oxygens (including phenoxy) is 3. The van der Waals surface area contributed by atoms with Crippen LogP contribution in [0.3, 0.4) is 0 Å². The van der Waals surface area contributed by atoms with E-state index in [0.29, 0.717) is 50.3 Å². The van der Waals surface area contributed by atoms with Gasteiger partial charge in [0.25, 0.3) is 0 Å². The number of pyridine rings is 1. The summed E-state index contributed by atoms with van der Waals surface area (Å²) in [6.45, 7) is 6.56. The molecule has 0 saturated carbocycles. The van der Waals surface area contributed by atoms with E-state index in [9.17, 15) is 4.79 Å². The Morgan fingerprint density at radius 2 is 2.25 bits per heavy atom. The van der Waals surface area contributed by atoms with Crippen molar-refractivity contribution in [3.05, 3.63) is 36.3 Å². The Labute approximate surface area is 165 Å². The first-order chi connectivity index (χ1) is 13.6. The zero-order valence-electron chi connectivity index (χ0n) is 16.6. The number of carbonyl (C=O) groups is 1. The summed E-state index contributed by atoms with van der Waals surface area (Å²) in [5.41, 5.74) is 1.55. The molecular formula is C20H28N4O4. The molecule has 8 nitrogen and oxygen atoms in total. The molecule has 28 heavy (non-hydrogen) atoms. The lowest BCUT2D eigenvalue weighted by molar-refractivity contribution is -0.121. The summed E-state index contributed by atoms with van der Waals surface area (Å²) in [6, 6.07) is 3.56. The lowest BCUT2D eigenvalue weighted by Gasteiger charge is -2.17. The Kier molecular flexibility index (Phi) is 7.00. The first-order valence-corrected chi connectivity index (χ1v) is 9.59. The predicted molar refractivity (Wildman–Crippen MR) is 104 cm³/mol. The molecule has 2 aromatic heterocycles. The van der Waals surface area contributed by atoms with Gasteiger partial charge in [-0.15, -0.1) is 0 Å². The predicted octanol–water partition coefficient (Wildman–Crippen LogP) is 2.68. The Bertz CT molecular complexity index is 760. The van der Waals surface area contributed by atoms with Crippen LogP contribution in [0, 0.1) is 11.8 Å². The molecule has 1 fully saturated rings. The van der Waals surface area contributed by atoms with Crippen molar-refractivity contribution in [3.63, 3.8) is 0 Å². The number of hydrogen-bond donors (Lipinski definition) is 1. The summed E-state index contributed by atoms with van der Waals surface area (Å²) in [7, 11) is 1.66. The van der Waals surface area contributed by atoms with E-state index in [1.807, 2.05) is 6.20 Å². The lowest BCUT2D eigenvalue weighted by atomic mass is 9.96. The van der Waals surface area contributed by atoms with Gasteiger partial charge in [-0.05, 0) is 18.4 Å². The van der Waals surface area contributed by atoms with Crippen LogP contribution >= 0.6 is 0 Å². The molecule has 0 bridgehead atoms. The van der Waals surface area contributed by atoms with Crippen LogP contribution in [0.15, 0.2) is 30.7 Å². The van der Waals surface area contributed by atoms with E-state index < -0.39 is 0 Å². The SMILES string of the molecule is COCCn1cc([C@H]2OCC[C@@H]2C(=O)Nc2ccc(OCC(C)C)nc2)cn1. The van der Waals surface area contributed by atoms with Gasteiger partial charge in [-0.2, -0.15) is 5.10 Å². The zero-order valence-corrected chi connectivity index (χ0v) is 16.6. The summed E-state index contributed by atoms with van der Waals surface area (Å²) in [6.07, 6.45) is 5.66. The minimum Gasteiger partial charge on any atom is -0.477 e. The fourth-order valence-corrected chi connectivity index (χ4v) is 3.05. The molecule has 1 aliphatic heterocycles. The van der Waals surface area contributed by atoms with Crippen LogP contribution in [0.4, 0.5) is 5.69 Å². The largest absolute Gasteiger partial charge is 0.477 e. The van der Waals surface area contributed by atoms with Gasteiger partial charge in [0.2, 0.25) is 11.8 Å². The minimum absolute atomic E-state index is 0.0789. The van der Waals surface area contributed by atoms with Crippen LogP contribution in [0.1, 0.15) is 31.9 Å². The van der Waals surface area contributed by atoms with Gasteiger partial charge in [0.15, 0.2) is 0 Å². The minimum atomic E-state index is -0.294. The molecule has 0 aromatic carbocycles. The van der Waals surface area contributed by atoms with Crippen LogP contribution in [-0.2, 0) is 20.8 Å². The number of carbonyl (C=O) groups excluding carboxylic acids is 1. The normalized spacial score (nSPS) is 19.1. The van der Waals surface area contributed by atoms with Crippen molar-refractivity contribution in [2.75, 3.05) is 32.2 Å². The summed E-state index contributed by atoms with van der Waals surface area (Å²) >= 11 is 0. The molecule has 1 N–H and O–H groups in total.